The maximum Gasteiger partial charge on any atom is 0.345 e. The van der Waals surface area contributed by atoms with E-state index >= 15 is 0 Å². The number of methoxy groups -OCH3 is 1. The molecule has 5 rings (SSSR count). The number of hydrogen-bond acceptors (Lipinski definition) is 6. The zero-order chi connectivity index (χ0) is 25.2. The molecule has 7 nitrogen and oxygen atoms in total. The number of fused-ring (bicyclic) bond motifs is 1. The normalized spacial score (nSPS) is 11.6. The highest BCUT2D eigenvalue weighted by Crippen LogP contribution is 2.23. The Labute approximate surface area is 210 Å². The third kappa shape index (κ3) is 4.58. The van der Waals surface area contributed by atoms with Gasteiger partial charge in [-0.3, -0.25) is 10.2 Å². The van der Waals surface area contributed by atoms with Crippen molar-refractivity contribution >= 4 is 33.9 Å². The number of amides is 1. The van der Waals surface area contributed by atoms with Crippen molar-refractivity contribution in [3.63, 3.8) is 0 Å². The molecule has 0 aliphatic rings. The number of ether oxygens (including phenoxy) is 1. The maximum atomic E-state index is 13.3. The van der Waals surface area contributed by atoms with E-state index in [1.165, 1.54) is 16.0 Å². The summed E-state index contributed by atoms with van der Waals surface area (Å²) in [5.41, 5.74) is 6.85. The summed E-state index contributed by atoms with van der Waals surface area (Å²) in [5, 5.41) is 2.56. The molecule has 0 spiro atoms. The first-order chi connectivity index (χ1) is 17.4. The number of benzene rings is 3. The average Bonchev–Trinajstić information content (AvgIpc) is 3.25. The highest BCUT2D eigenvalue weighted by molar-refractivity contribution is 7.07. The third-order valence-corrected chi connectivity index (χ3v) is 6.59. The molecule has 0 saturated heterocycles. The number of aromatic nitrogens is 1. The molecule has 0 radical (unpaired) electrons. The van der Waals surface area contributed by atoms with Gasteiger partial charge in [0, 0.05) is 16.3 Å². The molecule has 36 heavy (non-hydrogen) atoms. The first-order valence-electron chi connectivity index (χ1n) is 11.2. The summed E-state index contributed by atoms with van der Waals surface area (Å²) in [6.45, 7) is 3.87. The summed E-state index contributed by atoms with van der Waals surface area (Å²) in [5.74, 6) is 0.402. The van der Waals surface area contributed by atoms with E-state index in [0.717, 1.165) is 16.5 Å². The number of carbonyl (C=O) groups excluding carboxylic acids is 1. The van der Waals surface area contributed by atoms with Crippen LogP contribution in [-0.2, 0) is 0 Å². The van der Waals surface area contributed by atoms with Crippen LogP contribution >= 0.6 is 11.3 Å². The van der Waals surface area contributed by atoms with E-state index in [0.29, 0.717) is 38.6 Å². The lowest BCUT2D eigenvalue weighted by Crippen LogP contribution is -2.32. The molecule has 1 N–H and O–H groups in total. The van der Waals surface area contributed by atoms with Crippen molar-refractivity contribution in [2.75, 3.05) is 12.5 Å². The van der Waals surface area contributed by atoms with Gasteiger partial charge in [-0.2, -0.15) is 0 Å². The van der Waals surface area contributed by atoms with Crippen molar-refractivity contribution in [3.8, 4) is 17.0 Å². The summed E-state index contributed by atoms with van der Waals surface area (Å²) in [6.07, 6.45) is 0. The van der Waals surface area contributed by atoms with E-state index < -0.39 is 5.63 Å². The SMILES string of the molecule is COc1ccc(N=c2scc(-c3cc4ccccc4oc3=O)n2NC(=O)c2ccc(C)cc2C)cc1. The van der Waals surface area contributed by atoms with Gasteiger partial charge in [0.25, 0.3) is 5.91 Å². The van der Waals surface area contributed by atoms with Crippen molar-refractivity contribution < 1.29 is 13.9 Å². The second-order valence-electron chi connectivity index (χ2n) is 8.29. The quantitative estimate of drug-likeness (QED) is 0.322. The van der Waals surface area contributed by atoms with Crippen LogP contribution < -0.4 is 20.6 Å². The molecule has 8 heteroatoms. The lowest BCUT2D eigenvalue weighted by Gasteiger charge is -2.12. The van der Waals surface area contributed by atoms with Crippen LogP contribution in [0.25, 0.3) is 22.2 Å². The molecular formula is C28H23N3O4S. The zero-order valence-corrected chi connectivity index (χ0v) is 20.8. The molecule has 180 valence electrons. The number of para-hydroxylation sites is 1. The second-order valence-corrected chi connectivity index (χ2v) is 9.13. The van der Waals surface area contributed by atoms with Crippen LogP contribution in [0.4, 0.5) is 5.69 Å². The first kappa shape index (κ1) is 23.3. The first-order valence-corrected chi connectivity index (χ1v) is 12.1. The predicted octanol–water partition coefficient (Wildman–Crippen LogP) is 5.56. The largest absolute Gasteiger partial charge is 0.497 e. The molecule has 0 unspecified atom stereocenters. The van der Waals surface area contributed by atoms with Crippen LogP contribution in [-0.4, -0.2) is 17.7 Å². The van der Waals surface area contributed by atoms with Crippen molar-refractivity contribution in [1.82, 2.24) is 4.68 Å². The van der Waals surface area contributed by atoms with Gasteiger partial charge in [0.15, 0.2) is 0 Å². The zero-order valence-electron chi connectivity index (χ0n) is 19.9. The molecule has 0 atom stereocenters. The standard InChI is InChI=1S/C28H23N3O4S/c1-17-8-13-22(18(2)14-17)26(32)30-31-24(23-15-19-6-4-5-7-25(19)35-27(23)33)16-36-28(31)29-20-9-11-21(34-3)12-10-20/h4-16H,1-3H3,(H,30,32). The van der Waals surface area contributed by atoms with Gasteiger partial charge >= 0.3 is 5.63 Å². The minimum absolute atomic E-state index is 0.312. The van der Waals surface area contributed by atoms with Crippen LogP contribution in [0.2, 0.25) is 0 Å². The van der Waals surface area contributed by atoms with Crippen molar-refractivity contribution in [2.24, 2.45) is 4.99 Å². The number of nitrogens with zero attached hydrogens (tertiary/aromatic N) is 2. The van der Waals surface area contributed by atoms with Crippen LogP contribution in [0.3, 0.4) is 0 Å². The van der Waals surface area contributed by atoms with Gasteiger partial charge in [0.05, 0.1) is 24.1 Å². The Bertz CT molecular complexity index is 1710. The predicted molar refractivity (Wildman–Crippen MR) is 142 cm³/mol. The van der Waals surface area contributed by atoms with E-state index in [1.54, 1.807) is 30.7 Å². The summed E-state index contributed by atoms with van der Waals surface area (Å²) in [4.78, 5) is 31.5. The fourth-order valence-corrected chi connectivity index (χ4v) is 4.78. The van der Waals surface area contributed by atoms with Gasteiger partial charge in [-0.15, -0.1) is 11.3 Å². The van der Waals surface area contributed by atoms with Gasteiger partial charge in [0.1, 0.15) is 11.3 Å². The van der Waals surface area contributed by atoms with Gasteiger partial charge in [0.2, 0.25) is 4.80 Å². The summed E-state index contributed by atoms with van der Waals surface area (Å²) >= 11 is 1.30. The van der Waals surface area contributed by atoms with Gasteiger partial charge in [-0.05, 0) is 61.9 Å². The molecule has 0 bridgehead atoms. The lowest BCUT2D eigenvalue weighted by atomic mass is 10.1. The number of thiazole rings is 1. The molecule has 0 aliphatic carbocycles. The van der Waals surface area contributed by atoms with E-state index in [2.05, 4.69) is 5.43 Å². The minimum Gasteiger partial charge on any atom is -0.497 e. The van der Waals surface area contributed by atoms with Gasteiger partial charge < -0.3 is 9.15 Å². The molecular weight excluding hydrogens is 474 g/mol. The van der Waals surface area contributed by atoms with E-state index in [1.807, 2.05) is 68.4 Å². The molecule has 0 fully saturated rings. The van der Waals surface area contributed by atoms with Gasteiger partial charge in [-0.1, -0.05) is 35.9 Å². The highest BCUT2D eigenvalue weighted by Gasteiger charge is 2.18. The number of rotatable bonds is 5. The summed E-state index contributed by atoms with van der Waals surface area (Å²) < 4.78 is 12.3. The van der Waals surface area contributed by atoms with Crippen molar-refractivity contribution in [2.45, 2.75) is 13.8 Å². The molecule has 2 aromatic heterocycles. The summed E-state index contributed by atoms with van der Waals surface area (Å²) in [6, 6.07) is 22.0. The smallest absolute Gasteiger partial charge is 0.345 e. The van der Waals surface area contributed by atoms with Crippen molar-refractivity contribution in [3.05, 3.63) is 110 Å². The fourth-order valence-electron chi connectivity index (χ4n) is 3.92. The van der Waals surface area contributed by atoms with Crippen LogP contribution in [0.1, 0.15) is 21.5 Å². The third-order valence-electron chi connectivity index (χ3n) is 5.76. The second kappa shape index (κ2) is 9.67. The molecule has 0 saturated carbocycles. The molecule has 3 aromatic carbocycles. The highest BCUT2D eigenvalue weighted by atomic mass is 32.1. The van der Waals surface area contributed by atoms with E-state index in [-0.39, 0.29) is 5.91 Å². The Kier molecular flexibility index (Phi) is 6.26. The number of carbonyl (C=O) groups is 1. The number of aryl methyl sites for hydroxylation is 2. The Morgan fingerprint density at radius 3 is 2.56 bits per heavy atom. The number of nitrogens with one attached hydrogen (secondary N) is 1. The van der Waals surface area contributed by atoms with Gasteiger partial charge in [-0.25, -0.2) is 14.5 Å². The minimum atomic E-state index is -0.503. The molecule has 5 aromatic rings. The lowest BCUT2D eigenvalue weighted by molar-refractivity contribution is 0.101. The molecule has 1 amide bonds. The topological polar surface area (TPSA) is 85.8 Å². The Morgan fingerprint density at radius 2 is 1.81 bits per heavy atom. The van der Waals surface area contributed by atoms with Crippen LogP contribution in [0, 0.1) is 13.8 Å². The monoisotopic (exact) mass is 497 g/mol. The van der Waals surface area contributed by atoms with Crippen LogP contribution in [0.5, 0.6) is 5.75 Å². The Hall–Kier alpha value is -4.43. The summed E-state index contributed by atoms with van der Waals surface area (Å²) in [7, 11) is 1.60. The maximum absolute atomic E-state index is 13.3. The Balaban J connectivity index is 1.66. The number of hydrogen-bond donors (Lipinski definition) is 1. The van der Waals surface area contributed by atoms with E-state index in [4.69, 9.17) is 14.1 Å². The van der Waals surface area contributed by atoms with E-state index in [9.17, 15) is 9.59 Å². The molecule has 2 heterocycles. The van der Waals surface area contributed by atoms with Crippen molar-refractivity contribution in [1.29, 1.82) is 0 Å². The fraction of sp³-hybridized carbons (Fsp3) is 0.107. The molecule has 0 aliphatic heterocycles. The average molecular weight is 498 g/mol. The van der Waals surface area contributed by atoms with Crippen LogP contribution in [0.15, 0.2) is 92.4 Å². The Morgan fingerprint density at radius 1 is 1.03 bits per heavy atom.